The van der Waals surface area contributed by atoms with Gasteiger partial charge in [0.15, 0.2) is 0 Å². The summed E-state index contributed by atoms with van der Waals surface area (Å²) in [6.07, 6.45) is 3.46. The summed E-state index contributed by atoms with van der Waals surface area (Å²) in [6, 6.07) is 0. The second kappa shape index (κ2) is 8.33. The van der Waals surface area contributed by atoms with Crippen molar-refractivity contribution in [1.29, 1.82) is 0 Å². The lowest BCUT2D eigenvalue weighted by atomic mass is 9.78. The predicted octanol–water partition coefficient (Wildman–Crippen LogP) is 4.57. The van der Waals surface area contributed by atoms with Gasteiger partial charge in [0.25, 0.3) is 0 Å². The summed E-state index contributed by atoms with van der Waals surface area (Å²) in [5.41, 5.74) is 2.77. The van der Waals surface area contributed by atoms with Crippen LogP contribution in [-0.4, -0.2) is 22.9 Å². The van der Waals surface area contributed by atoms with Crippen LogP contribution in [0.25, 0.3) is 0 Å². The second-order valence-electron chi connectivity index (χ2n) is 6.57. The molecule has 0 saturated carbocycles. The van der Waals surface area contributed by atoms with Gasteiger partial charge in [-0.3, -0.25) is 4.68 Å². The Hall–Kier alpha value is -0.350. The highest BCUT2D eigenvalue weighted by Crippen LogP contribution is 2.34. The van der Waals surface area contributed by atoms with E-state index in [-0.39, 0.29) is 0 Å². The van der Waals surface area contributed by atoms with Crippen LogP contribution >= 0.6 is 15.9 Å². The highest BCUT2D eigenvalue weighted by Gasteiger charge is 2.29. The molecule has 122 valence electrons. The molecule has 1 heterocycles. The highest BCUT2D eigenvalue weighted by molar-refractivity contribution is 9.10. The Morgan fingerprint density at radius 3 is 2.33 bits per heavy atom. The van der Waals surface area contributed by atoms with E-state index in [0.29, 0.717) is 11.3 Å². The maximum atomic E-state index is 4.64. The van der Waals surface area contributed by atoms with Crippen LogP contribution in [0.5, 0.6) is 0 Å². The number of halogens is 1. The second-order valence-corrected chi connectivity index (χ2v) is 7.36. The third kappa shape index (κ3) is 4.82. The number of nitrogens with zero attached hydrogens (tertiary/aromatic N) is 2. The molecule has 0 saturated heterocycles. The van der Waals surface area contributed by atoms with Gasteiger partial charge in [0.05, 0.1) is 15.9 Å². The van der Waals surface area contributed by atoms with Gasteiger partial charge in [-0.05, 0) is 66.9 Å². The average molecular weight is 358 g/mol. The molecule has 0 aliphatic carbocycles. The Labute approximate surface area is 139 Å². The molecule has 0 atom stereocenters. The zero-order valence-electron chi connectivity index (χ0n) is 14.6. The normalized spacial score (nSPS) is 12.4. The Bertz CT molecular complexity index is 433. The molecule has 1 N–H and O–H groups in total. The van der Waals surface area contributed by atoms with E-state index in [1.54, 1.807) is 0 Å². The molecule has 0 aromatic carbocycles. The van der Waals surface area contributed by atoms with Crippen molar-refractivity contribution in [1.82, 2.24) is 15.1 Å². The number of aromatic nitrogens is 2. The molecule has 1 aromatic rings. The third-order valence-corrected chi connectivity index (χ3v) is 5.58. The molecule has 4 heteroatoms. The van der Waals surface area contributed by atoms with Crippen molar-refractivity contribution in [3.63, 3.8) is 0 Å². The van der Waals surface area contributed by atoms with Crippen molar-refractivity contribution in [3.05, 3.63) is 15.9 Å². The van der Waals surface area contributed by atoms with E-state index in [1.165, 1.54) is 23.0 Å². The largest absolute Gasteiger partial charge is 0.316 e. The van der Waals surface area contributed by atoms with Gasteiger partial charge in [-0.1, -0.05) is 27.7 Å². The van der Waals surface area contributed by atoms with E-state index in [1.807, 2.05) is 0 Å². The van der Waals surface area contributed by atoms with Gasteiger partial charge >= 0.3 is 0 Å². The molecule has 0 bridgehead atoms. The minimum Gasteiger partial charge on any atom is -0.316 e. The van der Waals surface area contributed by atoms with Crippen LogP contribution in [0.4, 0.5) is 0 Å². The minimum absolute atomic E-state index is 0.316. The lowest BCUT2D eigenvalue weighted by Crippen LogP contribution is -2.37. The SMILES string of the molecule is CCn1nc(C)c(Br)c1CC(CC)(CC)CNCC(C)C. The fourth-order valence-electron chi connectivity index (χ4n) is 2.83. The van der Waals surface area contributed by atoms with E-state index in [9.17, 15) is 0 Å². The van der Waals surface area contributed by atoms with Crippen molar-refractivity contribution in [3.8, 4) is 0 Å². The lowest BCUT2D eigenvalue weighted by Gasteiger charge is -2.33. The van der Waals surface area contributed by atoms with Crippen LogP contribution in [0.15, 0.2) is 4.47 Å². The van der Waals surface area contributed by atoms with Crippen molar-refractivity contribution >= 4 is 15.9 Å². The third-order valence-electron chi connectivity index (χ3n) is 4.55. The van der Waals surface area contributed by atoms with E-state index in [2.05, 4.69) is 72.6 Å². The summed E-state index contributed by atoms with van der Waals surface area (Å²) in [5, 5.41) is 8.31. The van der Waals surface area contributed by atoms with Crippen LogP contribution < -0.4 is 5.32 Å². The van der Waals surface area contributed by atoms with Gasteiger partial charge in [-0.15, -0.1) is 0 Å². The fourth-order valence-corrected chi connectivity index (χ4v) is 3.26. The Morgan fingerprint density at radius 2 is 1.86 bits per heavy atom. The van der Waals surface area contributed by atoms with Crippen LogP contribution in [0.1, 0.15) is 58.8 Å². The number of nitrogens with one attached hydrogen (secondary N) is 1. The first-order chi connectivity index (χ1) is 9.89. The quantitative estimate of drug-likeness (QED) is 0.701. The topological polar surface area (TPSA) is 29.9 Å². The molecule has 0 spiro atoms. The summed E-state index contributed by atoms with van der Waals surface area (Å²) in [4.78, 5) is 0. The number of aryl methyl sites for hydroxylation is 2. The van der Waals surface area contributed by atoms with Crippen molar-refractivity contribution < 1.29 is 0 Å². The zero-order valence-corrected chi connectivity index (χ0v) is 16.2. The molecular weight excluding hydrogens is 326 g/mol. The van der Waals surface area contributed by atoms with E-state index in [0.717, 1.165) is 31.7 Å². The van der Waals surface area contributed by atoms with Gasteiger partial charge in [0, 0.05) is 13.1 Å². The van der Waals surface area contributed by atoms with Crippen LogP contribution in [0.2, 0.25) is 0 Å². The van der Waals surface area contributed by atoms with E-state index < -0.39 is 0 Å². The van der Waals surface area contributed by atoms with E-state index in [4.69, 9.17) is 0 Å². The number of hydrogen-bond acceptors (Lipinski definition) is 2. The molecule has 0 amide bonds. The molecule has 21 heavy (non-hydrogen) atoms. The minimum atomic E-state index is 0.316. The first-order valence-electron chi connectivity index (χ1n) is 8.31. The summed E-state index contributed by atoms with van der Waals surface area (Å²) < 4.78 is 3.35. The highest BCUT2D eigenvalue weighted by atomic mass is 79.9. The molecular formula is C17H32BrN3. The van der Waals surface area contributed by atoms with Gasteiger partial charge in [-0.2, -0.15) is 5.10 Å². The smallest absolute Gasteiger partial charge is 0.0738 e. The molecule has 3 nitrogen and oxygen atoms in total. The summed E-state index contributed by atoms with van der Waals surface area (Å²) in [5.74, 6) is 0.701. The summed E-state index contributed by atoms with van der Waals surface area (Å²) in [6.45, 7) is 16.5. The summed E-state index contributed by atoms with van der Waals surface area (Å²) >= 11 is 3.74. The van der Waals surface area contributed by atoms with Gasteiger partial charge in [-0.25, -0.2) is 0 Å². The molecule has 0 aliphatic rings. The maximum absolute atomic E-state index is 4.64. The molecule has 1 aromatic heterocycles. The Kier molecular flexibility index (Phi) is 7.41. The molecule has 0 fully saturated rings. The van der Waals surface area contributed by atoms with Gasteiger partial charge < -0.3 is 5.32 Å². The van der Waals surface area contributed by atoms with E-state index >= 15 is 0 Å². The average Bonchev–Trinajstić information content (AvgIpc) is 2.73. The molecule has 0 unspecified atom stereocenters. The zero-order chi connectivity index (χ0) is 16.0. The fraction of sp³-hybridized carbons (Fsp3) is 0.824. The molecule has 1 rings (SSSR count). The Balaban J connectivity index is 2.91. The van der Waals surface area contributed by atoms with Gasteiger partial charge in [0.2, 0.25) is 0 Å². The van der Waals surface area contributed by atoms with Crippen molar-refractivity contribution in [2.24, 2.45) is 11.3 Å². The van der Waals surface area contributed by atoms with Crippen molar-refractivity contribution in [2.75, 3.05) is 13.1 Å². The summed E-state index contributed by atoms with van der Waals surface area (Å²) in [7, 11) is 0. The first-order valence-corrected chi connectivity index (χ1v) is 9.10. The molecule has 0 aliphatic heterocycles. The number of hydrogen-bond donors (Lipinski definition) is 1. The number of rotatable bonds is 9. The van der Waals surface area contributed by atoms with Crippen LogP contribution in [0.3, 0.4) is 0 Å². The molecule has 0 radical (unpaired) electrons. The standard InChI is InChI=1S/C17H32BrN3/c1-7-17(8-2,12-19-11-13(4)5)10-15-16(18)14(6)20-21(15)9-3/h13,19H,7-12H2,1-6H3. The van der Waals surface area contributed by atoms with Crippen LogP contribution in [0, 0.1) is 18.3 Å². The Morgan fingerprint density at radius 1 is 1.24 bits per heavy atom. The maximum Gasteiger partial charge on any atom is 0.0738 e. The van der Waals surface area contributed by atoms with Gasteiger partial charge in [0.1, 0.15) is 0 Å². The predicted molar refractivity (Wildman–Crippen MR) is 94.8 cm³/mol. The lowest BCUT2D eigenvalue weighted by molar-refractivity contribution is 0.236. The van der Waals surface area contributed by atoms with Crippen molar-refractivity contribution in [2.45, 2.75) is 67.3 Å². The van der Waals surface area contributed by atoms with Crippen LogP contribution in [-0.2, 0) is 13.0 Å². The monoisotopic (exact) mass is 357 g/mol. The first kappa shape index (κ1) is 18.7.